The Balaban J connectivity index is 3.40. The van der Waals surface area contributed by atoms with Crippen molar-refractivity contribution in [3.05, 3.63) is 0 Å². The highest BCUT2D eigenvalue weighted by molar-refractivity contribution is 4.64. The summed E-state index contributed by atoms with van der Waals surface area (Å²) in [7, 11) is 0. The molecule has 1 unspecified atom stereocenters. The van der Waals surface area contributed by atoms with Gasteiger partial charge in [0.1, 0.15) is 12.0 Å². The van der Waals surface area contributed by atoms with Crippen molar-refractivity contribution < 1.29 is 10.2 Å². The number of rotatable bonds is 6. The molecule has 0 radical (unpaired) electrons. The molecule has 3 nitrogen and oxygen atoms in total. The van der Waals surface area contributed by atoms with Gasteiger partial charge in [0.25, 0.3) is 0 Å². The topological polar surface area (TPSA) is 52.5 Å². The molecule has 3 N–H and O–H groups in total. The predicted molar refractivity (Wildman–Crippen MR) is 49.6 cm³/mol. The summed E-state index contributed by atoms with van der Waals surface area (Å²) in [6.07, 6.45) is 3.40. The molecule has 3 heteroatoms. The van der Waals surface area contributed by atoms with Crippen molar-refractivity contribution in [3.63, 3.8) is 0 Å². The number of aliphatic hydroxyl groups is 2. The van der Waals surface area contributed by atoms with Crippen LogP contribution in [0.3, 0.4) is 0 Å². The Kier molecular flexibility index (Phi) is 5.46. The summed E-state index contributed by atoms with van der Waals surface area (Å²) < 4.78 is 0. The smallest absolute Gasteiger partial charge is 0.112 e. The van der Waals surface area contributed by atoms with E-state index in [2.05, 4.69) is 12.2 Å². The second kappa shape index (κ2) is 5.51. The molecule has 0 aromatic heterocycles. The summed E-state index contributed by atoms with van der Waals surface area (Å²) in [4.78, 5) is 0. The number of unbranched alkanes of at least 4 members (excludes halogenated alkanes) is 2. The van der Waals surface area contributed by atoms with E-state index in [1.807, 2.05) is 0 Å². The van der Waals surface area contributed by atoms with Gasteiger partial charge in [-0.2, -0.15) is 0 Å². The van der Waals surface area contributed by atoms with Crippen LogP contribution in [0.4, 0.5) is 0 Å². The minimum Gasteiger partial charge on any atom is -0.379 e. The first-order chi connectivity index (χ1) is 5.45. The second-order valence-electron chi connectivity index (χ2n) is 3.71. The van der Waals surface area contributed by atoms with Crippen molar-refractivity contribution in [1.29, 1.82) is 0 Å². The molecule has 0 aromatic carbocycles. The lowest BCUT2D eigenvalue weighted by molar-refractivity contribution is -0.0223. The molecule has 1 atom stereocenters. The lowest BCUT2D eigenvalue weighted by atomic mass is 10.2. The Morgan fingerprint density at radius 3 is 2.33 bits per heavy atom. The summed E-state index contributed by atoms with van der Waals surface area (Å²) >= 11 is 0. The molecule has 74 valence electrons. The van der Waals surface area contributed by atoms with E-state index < -0.39 is 12.0 Å². The summed E-state index contributed by atoms with van der Waals surface area (Å²) in [5.74, 6) is 0. The Bertz CT molecular complexity index is 110. The fourth-order valence-corrected chi connectivity index (χ4v) is 1.07. The van der Waals surface area contributed by atoms with E-state index in [1.165, 1.54) is 0 Å². The molecular weight excluding hydrogens is 154 g/mol. The van der Waals surface area contributed by atoms with Gasteiger partial charge in [0.2, 0.25) is 0 Å². The molecule has 12 heavy (non-hydrogen) atoms. The zero-order valence-electron chi connectivity index (χ0n) is 8.30. The summed E-state index contributed by atoms with van der Waals surface area (Å²) in [6, 6.07) is 0. The Morgan fingerprint density at radius 2 is 1.92 bits per heavy atom. The van der Waals surface area contributed by atoms with Crippen molar-refractivity contribution in [1.82, 2.24) is 5.32 Å². The van der Waals surface area contributed by atoms with Crippen molar-refractivity contribution >= 4 is 0 Å². The number of nitrogens with one attached hydrogen (secondary N) is 1. The third-order valence-electron chi connectivity index (χ3n) is 1.60. The standard InChI is InChI=1S/C9H21NO2/c1-4-5-6-7-8(11)10-9(2,3)12/h8,10-12H,4-7H2,1-3H3. The van der Waals surface area contributed by atoms with Crippen LogP contribution in [0.15, 0.2) is 0 Å². The molecule has 0 heterocycles. The number of aliphatic hydroxyl groups excluding tert-OH is 1. The van der Waals surface area contributed by atoms with Crippen LogP contribution in [0.5, 0.6) is 0 Å². The van der Waals surface area contributed by atoms with Crippen molar-refractivity contribution in [2.45, 2.75) is 58.4 Å². The second-order valence-corrected chi connectivity index (χ2v) is 3.71. The maximum atomic E-state index is 9.34. The lowest BCUT2D eigenvalue weighted by Gasteiger charge is -2.23. The third kappa shape index (κ3) is 7.98. The Labute approximate surface area is 74.8 Å². The van der Waals surface area contributed by atoms with Crippen LogP contribution in [0, 0.1) is 0 Å². The highest BCUT2D eigenvalue weighted by Gasteiger charge is 2.15. The van der Waals surface area contributed by atoms with Gasteiger partial charge in [0, 0.05) is 0 Å². The highest BCUT2D eigenvalue weighted by atomic mass is 16.3. The first kappa shape index (κ1) is 11.9. The zero-order chi connectivity index (χ0) is 9.61. The summed E-state index contributed by atoms with van der Waals surface area (Å²) in [5.41, 5.74) is -0.981. The van der Waals surface area contributed by atoms with Gasteiger partial charge in [-0.3, -0.25) is 5.32 Å². The van der Waals surface area contributed by atoms with Crippen molar-refractivity contribution in [2.75, 3.05) is 0 Å². The maximum absolute atomic E-state index is 9.34. The molecule has 0 aliphatic heterocycles. The quantitative estimate of drug-likeness (QED) is 0.420. The summed E-state index contributed by atoms with van der Waals surface area (Å²) in [5, 5.41) is 21.3. The molecule has 0 aliphatic rings. The molecule has 0 aromatic rings. The molecule has 0 aliphatic carbocycles. The first-order valence-electron chi connectivity index (χ1n) is 4.64. The molecule has 0 fully saturated rings. The Morgan fingerprint density at radius 1 is 1.33 bits per heavy atom. The Hall–Kier alpha value is -0.120. The van der Waals surface area contributed by atoms with Crippen LogP contribution in [-0.2, 0) is 0 Å². The molecule has 0 rings (SSSR count). The molecular formula is C9H21NO2. The van der Waals surface area contributed by atoms with Gasteiger partial charge in [0.05, 0.1) is 0 Å². The van der Waals surface area contributed by atoms with Gasteiger partial charge in [-0.15, -0.1) is 0 Å². The lowest BCUT2D eigenvalue weighted by Crippen LogP contribution is -2.45. The molecule has 0 amide bonds. The van der Waals surface area contributed by atoms with Gasteiger partial charge in [-0.25, -0.2) is 0 Å². The minimum atomic E-state index is -0.981. The van der Waals surface area contributed by atoms with Gasteiger partial charge in [0.15, 0.2) is 0 Å². The van der Waals surface area contributed by atoms with E-state index in [1.54, 1.807) is 13.8 Å². The van der Waals surface area contributed by atoms with Crippen LogP contribution in [0.2, 0.25) is 0 Å². The van der Waals surface area contributed by atoms with E-state index in [0.29, 0.717) is 6.42 Å². The van der Waals surface area contributed by atoms with Gasteiger partial charge < -0.3 is 10.2 Å². The average Bonchev–Trinajstić information content (AvgIpc) is 1.84. The largest absolute Gasteiger partial charge is 0.379 e. The minimum absolute atomic E-state index is 0.587. The SMILES string of the molecule is CCCCCC(O)NC(C)(C)O. The van der Waals surface area contributed by atoms with Crippen LogP contribution >= 0.6 is 0 Å². The van der Waals surface area contributed by atoms with E-state index >= 15 is 0 Å². The van der Waals surface area contributed by atoms with Gasteiger partial charge in [-0.1, -0.05) is 19.8 Å². The van der Waals surface area contributed by atoms with Crippen LogP contribution in [0.1, 0.15) is 46.5 Å². The first-order valence-corrected chi connectivity index (χ1v) is 4.64. The monoisotopic (exact) mass is 175 g/mol. The fourth-order valence-electron chi connectivity index (χ4n) is 1.07. The van der Waals surface area contributed by atoms with E-state index in [-0.39, 0.29) is 0 Å². The van der Waals surface area contributed by atoms with E-state index in [0.717, 1.165) is 19.3 Å². The molecule has 0 saturated carbocycles. The van der Waals surface area contributed by atoms with E-state index in [9.17, 15) is 10.2 Å². The number of hydrogen-bond acceptors (Lipinski definition) is 3. The average molecular weight is 175 g/mol. The fraction of sp³-hybridized carbons (Fsp3) is 1.00. The highest BCUT2D eigenvalue weighted by Crippen LogP contribution is 2.04. The molecule has 0 saturated heterocycles. The van der Waals surface area contributed by atoms with Gasteiger partial charge in [-0.05, 0) is 26.7 Å². The van der Waals surface area contributed by atoms with Crippen molar-refractivity contribution in [3.8, 4) is 0 Å². The number of hydrogen-bond donors (Lipinski definition) is 3. The van der Waals surface area contributed by atoms with Crippen molar-refractivity contribution in [2.24, 2.45) is 0 Å². The molecule has 0 spiro atoms. The maximum Gasteiger partial charge on any atom is 0.112 e. The van der Waals surface area contributed by atoms with Crippen LogP contribution < -0.4 is 5.32 Å². The summed E-state index contributed by atoms with van der Waals surface area (Å²) in [6.45, 7) is 5.36. The third-order valence-corrected chi connectivity index (χ3v) is 1.60. The van der Waals surface area contributed by atoms with Gasteiger partial charge >= 0.3 is 0 Å². The zero-order valence-corrected chi connectivity index (χ0v) is 8.30. The van der Waals surface area contributed by atoms with Crippen LogP contribution in [0.25, 0.3) is 0 Å². The van der Waals surface area contributed by atoms with Crippen LogP contribution in [-0.4, -0.2) is 22.2 Å². The van der Waals surface area contributed by atoms with E-state index in [4.69, 9.17) is 0 Å². The molecule has 0 bridgehead atoms. The predicted octanol–water partition coefficient (Wildman–Crippen LogP) is 1.20. The normalized spacial score (nSPS) is 14.8.